The van der Waals surface area contributed by atoms with E-state index in [-0.39, 0.29) is 17.8 Å². The van der Waals surface area contributed by atoms with Crippen LogP contribution in [0.1, 0.15) is 39.2 Å². The van der Waals surface area contributed by atoms with Gasteiger partial charge in [0.25, 0.3) is 0 Å². The second-order valence-corrected chi connectivity index (χ2v) is 7.76. The molecule has 1 aromatic carbocycles. The third-order valence-corrected chi connectivity index (χ3v) is 4.00. The first-order valence-corrected chi connectivity index (χ1v) is 8.36. The van der Waals surface area contributed by atoms with E-state index in [1.54, 1.807) is 26.8 Å². The second-order valence-electron chi connectivity index (χ2n) is 6.84. The van der Waals surface area contributed by atoms with Crippen LogP contribution in [0.25, 0.3) is 0 Å². The van der Waals surface area contributed by atoms with Crippen LogP contribution >= 0.6 is 15.9 Å². The molecule has 0 bridgehead atoms. The van der Waals surface area contributed by atoms with Crippen LogP contribution in [0.5, 0.6) is 0 Å². The van der Waals surface area contributed by atoms with Gasteiger partial charge in [0.2, 0.25) is 0 Å². The molecule has 1 aromatic rings. The lowest BCUT2D eigenvalue weighted by atomic mass is 9.86. The Morgan fingerprint density at radius 3 is 2.38 bits per heavy atom. The van der Waals surface area contributed by atoms with Gasteiger partial charge in [0, 0.05) is 22.2 Å². The van der Waals surface area contributed by atoms with Gasteiger partial charge in [0.1, 0.15) is 5.60 Å². The van der Waals surface area contributed by atoms with Crippen molar-refractivity contribution in [2.24, 2.45) is 0 Å². The molecule has 1 amide bonds. The van der Waals surface area contributed by atoms with E-state index >= 15 is 0 Å². The van der Waals surface area contributed by atoms with Crippen LogP contribution in [-0.4, -0.2) is 23.8 Å². The fraction of sp³-hybridized carbons (Fsp3) is 0.562. The zero-order valence-electron chi connectivity index (χ0n) is 13.6. The van der Waals surface area contributed by atoms with Crippen LogP contribution in [0.3, 0.4) is 0 Å². The number of carbonyl (C=O) groups is 1. The number of rotatable bonds is 3. The molecular formula is C16H20BrF3N2O2. The first kappa shape index (κ1) is 18.9. The van der Waals surface area contributed by atoms with Crippen LogP contribution in [-0.2, 0) is 10.9 Å². The molecule has 0 unspecified atom stereocenters. The number of hydrogen-bond acceptors (Lipinski definition) is 3. The molecule has 1 aliphatic rings. The van der Waals surface area contributed by atoms with E-state index in [0.717, 1.165) is 6.07 Å². The molecule has 0 radical (unpaired) electrons. The van der Waals surface area contributed by atoms with Gasteiger partial charge in [-0.3, -0.25) is 0 Å². The fourth-order valence-corrected chi connectivity index (χ4v) is 2.79. The number of ether oxygens (including phenoxy) is 1. The zero-order valence-corrected chi connectivity index (χ0v) is 15.2. The zero-order chi connectivity index (χ0) is 18.1. The Kier molecular flexibility index (Phi) is 5.37. The monoisotopic (exact) mass is 408 g/mol. The molecule has 1 fully saturated rings. The van der Waals surface area contributed by atoms with E-state index in [9.17, 15) is 18.0 Å². The van der Waals surface area contributed by atoms with E-state index in [4.69, 9.17) is 4.74 Å². The highest BCUT2D eigenvalue weighted by Crippen LogP contribution is 2.38. The van der Waals surface area contributed by atoms with Crippen molar-refractivity contribution in [2.75, 3.05) is 5.32 Å². The van der Waals surface area contributed by atoms with Gasteiger partial charge in [-0.2, -0.15) is 13.2 Å². The van der Waals surface area contributed by atoms with Crippen LogP contribution in [0.4, 0.5) is 23.7 Å². The number of hydrogen-bond donors (Lipinski definition) is 2. The lowest BCUT2D eigenvalue weighted by Gasteiger charge is -2.37. The normalized spacial score (nSPS) is 21.0. The molecule has 0 heterocycles. The first-order valence-electron chi connectivity index (χ1n) is 7.57. The van der Waals surface area contributed by atoms with E-state index in [1.807, 2.05) is 0 Å². The minimum atomic E-state index is -4.43. The molecule has 2 rings (SSSR count). The number of benzene rings is 1. The van der Waals surface area contributed by atoms with Gasteiger partial charge in [0.05, 0.1) is 5.56 Å². The van der Waals surface area contributed by atoms with Crippen molar-refractivity contribution in [1.82, 2.24) is 5.32 Å². The van der Waals surface area contributed by atoms with E-state index in [0.29, 0.717) is 17.3 Å². The van der Waals surface area contributed by atoms with Crippen molar-refractivity contribution in [3.8, 4) is 0 Å². The maximum absolute atomic E-state index is 13.1. The second kappa shape index (κ2) is 6.82. The van der Waals surface area contributed by atoms with Gasteiger partial charge < -0.3 is 15.4 Å². The molecule has 0 aliphatic heterocycles. The predicted molar refractivity (Wildman–Crippen MR) is 88.9 cm³/mol. The van der Waals surface area contributed by atoms with Crippen molar-refractivity contribution < 1.29 is 22.7 Å². The lowest BCUT2D eigenvalue weighted by molar-refractivity contribution is -0.137. The van der Waals surface area contributed by atoms with Crippen LogP contribution < -0.4 is 10.6 Å². The Morgan fingerprint density at radius 2 is 1.83 bits per heavy atom. The molecule has 4 nitrogen and oxygen atoms in total. The van der Waals surface area contributed by atoms with Gasteiger partial charge in [0.15, 0.2) is 0 Å². The summed E-state index contributed by atoms with van der Waals surface area (Å²) in [5.41, 5.74) is -1.24. The van der Waals surface area contributed by atoms with Crippen molar-refractivity contribution in [2.45, 2.75) is 57.5 Å². The highest BCUT2D eigenvalue weighted by atomic mass is 79.9. The van der Waals surface area contributed by atoms with E-state index in [1.165, 1.54) is 6.07 Å². The number of alkyl carbamates (subject to hydrolysis) is 1. The summed E-state index contributed by atoms with van der Waals surface area (Å²) in [6.07, 6.45) is -3.84. The molecular weight excluding hydrogens is 389 g/mol. The van der Waals surface area contributed by atoms with E-state index in [2.05, 4.69) is 26.6 Å². The summed E-state index contributed by atoms with van der Waals surface area (Å²) in [5.74, 6) is 0. The van der Waals surface area contributed by atoms with Crippen LogP contribution in [0.2, 0.25) is 0 Å². The maximum Gasteiger partial charge on any atom is 0.418 e. The molecule has 0 aromatic heterocycles. The summed E-state index contributed by atoms with van der Waals surface area (Å²) in [6, 6.07) is 3.81. The summed E-state index contributed by atoms with van der Waals surface area (Å²) in [5, 5.41) is 5.61. The molecule has 134 valence electrons. The van der Waals surface area contributed by atoms with Gasteiger partial charge in [-0.05, 0) is 51.8 Å². The highest BCUT2D eigenvalue weighted by molar-refractivity contribution is 9.10. The third-order valence-electron chi connectivity index (χ3n) is 3.51. The Balaban J connectivity index is 1.89. The first-order chi connectivity index (χ1) is 10.9. The largest absolute Gasteiger partial charge is 0.444 e. The number of carbonyl (C=O) groups excluding carboxylic acids is 1. The average Bonchev–Trinajstić information content (AvgIpc) is 2.34. The number of nitrogens with one attached hydrogen (secondary N) is 2. The molecule has 24 heavy (non-hydrogen) atoms. The lowest BCUT2D eigenvalue weighted by Crippen LogP contribution is -2.50. The average molecular weight is 409 g/mol. The summed E-state index contributed by atoms with van der Waals surface area (Å²) < 4.78 is 44.7. The molecule has 8 heteroatoms. The Bertz CT molecular complexity index is 608. The molecule has 1 saturated carbocycles. The minimum Gasteiger partial charge on any atom is -0.444 e. The highest BCUT2D eigenvalue weighted by Gasteiger charge is 2.36. The van der Waals surface area contributed by atoms with Gasteiger partial charge >= 0.3 is 12.3 Å². The summed E-state index contributed by atoms with van der Waals surface area (Å²) in [7, 11) is 0. The predicted octanol–water partition coefficient (Wildman–Crippen LogP) is 4.94. The number of anilines is 1. The van der Waals surface area contributed by atoms with Crippen molar-refractivity contribution in [3.05, 3.63) is 28.2 Å². The van der Waals surface area contributed by atoms with Crippen molar-refractivity contribution >= 4 is 27.7 Å². The third kappa shape index (κ3) is 5.29. The SMILES string of the molecule is CC(C)(C)OC(=O)NC1CC(Nc2ccc(Br)cc2C(F)(F)F)C1. The molecule has 1 aliphatic carbocycles. The molecule has 2 N–H and O–H groups in total. The van der Waals surface area contributed by atoms with Gasteiger partial charge in [-0.15, -0.1) is 0 Å². The minimum absolute atomic E-state index is 0.0476. The fourth-order valence-electron chi connectivity index (χ4n) is 2.42. The Hall–Kier alpha value is -1.44. The van der Waals surface area contributed by atoms with Crippen molar-refractivity contribution in [1.29, 1.82) is 0 Å². The summed E-state index contributed by atoms with van der Waals surface area (Å²) in [4.78, 5) is 11.6. The smallest absolute Gasteiger partial charge is 0.418 e. The standard InChI is InChI=1S/C16H20BrF3N2O2/c1-15(2,3)24-14(23)22-11-7-10(8-11)21-13-5-4-9(17)6-12(13)16(18,19)20/h4-6,10-11,21H,7-8H2,1-3H3,(H,22,23). The summed E-state index contributed by atoms with van der Waals surface area (Å²) in [6.45, 7) is 5.30. The van der Waals surface area contributed by atoms with Gasteiger partial charge in [-0.1, -0.05) is 15.9 Å². The van der Waals surface area contributed by atoms with Gasteiger partial charge in [-0.25, -0.2) is 4.79 Å². The molecule has 0 saturated heterocycles. The number of halogens is 4. The number of amides is 1. The molecule has 0 spiro atoms. The number of alkyl halides is 3. The van der Waals surface area contributed by atoms with Crippen LogP contribution in [0.15, 0.2) is 22.7 Å². The quantitative estimate of drug-likeness (QED) is 0.744. The Morgan fingerprint density at radius 1 is 1.21 bits per heavy atom. The van der Waals surface area contributed by atoms with Crippen molar-refractivity contribution in [3.63, 3.8) is 0 Å². The topological polar surface area (TPSA) is 50.4 Å². The summed E-state index contributed by atoms with van der Waals surface area (Å²) >= 11 is 3.06. The maximum atomic E-state index is 13.1. The molecule has 0 atom stereocenters. The Labute approximate surface area is 147 Å². The van der Waals surface area contributed by atoms with E-state index < -0.39 is 23.4 Å². The van der Waals surface area contributed by atoms with Crippen LogP contribution in [0, 0.1) is 0 Å².